The molecule has 0 atom stereocenters. The Kier molecular flexibility index (Phi) is 4.08. The number of anilines is 1. The smallest absolute Gasteiger partial charge is 0.244 e. The highest BCUT2D eigenvalue weighted by Crippen LogP contribution is 2.24. The third kappa shape index (κ3) is 3.35. The highest BCUT2D eigenvalue weighted by Gasteiger charge is 2.17. The number of aryl methyl sites for hydroxylation is 2. The fourth-order valence-corrected chi connectivity index (χ4v) is 3.06. The van der Waals surface area contributed by atoms with Gasteiger partial charge in [-0.25, -0.2) is 4.99 Å². The number of amides is 1. The number of nitrogens with zero attached hydrogens (tertiary/aromatic N) is 2. The summed E-state index contributed by atoms with van der Waals surface area (Å²) in [7, 11) is 0. The molecule has 3 N–H and O–H groups in total. The molecule has 0 aromatic heterocycles. The Hall–Kier alpha value is -2.04. The molecule has 112 valence electrons. The van der Waals surface area contributed by atoms with Gasteiger partial charge in [0, 0.05) is 18.8 Å². The van der Waals surface area contributed by atoms with Crippen molar-refractivity contribution >= 4 is 17.6 Å². The molecular weight excluding hydrogens is 264 g/mol. The normalized spacial score (nSPS) is 17.9. The molecular formula is C16H22N4O. The molecule has 1 aromatic carbocycles. The van der Waals surface area contributed by atoms with Crippen molar-refractivity contribution in [1.29, 1.82) is 0 Å². The summed E-state index contributed by atoms with van der Waals surface area (Å²) in [6.07, 6.45) is 5.72. The first-order chi connectivity index (χ1) is 10.2. The van der Waals surface area contributed by atoms with Crippen LogP contribution >= 0.6 is 0 Å². The van der Waals surface area contributed by atoms with E-state index < -0.39 is 0 Å². The number of benzene rings is 1. The van der Waals surface area contributed by atoms with Crippen LogP contribution in [0.15, 0.2) is 23.2 Å². The molecule has 0 unspecified atom stereocenters. The second-order valence-electron chi connectivity index (χ2n) is 5.75. The molecule has 0 saturated carbocycles. The largest absolute Gasteiger partial charge is 0.370 e. The van der Waals surface area contributed by atoms with Crippen LogP contribution in [0.1, 0.15) is 30.4 Å². The predicted molar refractivity (Wildman–Crippen MR) is 84.4 cm³/mol. The standard InChI is InChI=1S/C16H22N4O/c17-16(18-11-15(21)20-8-1-2-9-20)19-14-7-6-12-4-3-5-13(12)10-14/h6-7,10H,1-5,8-9,11H2,(H3,17,18,19). The number of hydrogen-bond donors (Lipinski definition) is 2. The first kappa shape index (κ1) is 13.9. The lowest BCUT2D eigenvalue weighted by Gasteiger charge is -2.13. The molecule has 1 saturated heterocycles. The molecule has 1 aliphatic carbocycles. The van der Waals surface area contributed by atoms with Crippen LogP contribution < -0.4 is 11.1 Å². The number of guanidine groups is 1. The van der Waals surface area contributed by atoms with Crippen molar-refractivity contribution in [2.24, 2.45) is 10.7 Å². The molecule has 21 heavy (non-hydrogen) atoms. The minimum atomic E-state index is 0.0613. The van der Waals surface area contributed by atoms with E-state index >= 15 is 0 Å². The van der Waals surface area contributed by atoms with Gasteiger partial charge in [0.1, 0.15) is 6.54 Å². The monoisotopic (exact) mass is 286 g/mol. The Morgan fingerprint density at radius 2 is 1.95 bits per heavy atom. The SMILES string of the molecule is NC(=NCC(=O)N1CCCC1)Nc1ccc2c(c1)CCC2. The van der Waals surface area contributed by atoms with Crippen molar-refractivity contribution in [2.75, 3.05) is 25.0 Å². The van der Waals surface area contributed by atoms with Crippen molar-refractivity contribution in [2.45, 2.75) is 32.1 Å². The van der Waals surface area contributed by atoms with E-state index in [2.05, 4.69) is 22.4 Å². The van der Waals surface area contributed by atoms with Gasteiger partial charge in [0.25, 0.3) is 0 Å². The van der Waals surface area contributed by atoms with Gasteiger partial charge in [-0.05, 0) is 55.4 Å². The molecule has 0 radical (unpaired) electrons. The van der Waals surface area contributed by atoms with Crippen LogP contribution in [0.2, 0.25) is 0 Å². The summed E-state index contributed by atoms with van der Waals surface area (Å²) in [5.41, 5.74) is 9.64. The second-order valence-corrected chi connectivity index (χ2v) is 5.75. The lowest BCUT2D eigenvalue weighted by molar-refractivity contribution is -0.128. The van der Waals surface area contributed by atoms with E-state index in [-0.39, 0.29) is 12.5 Å². The van der Waals surface area contributed by atoms with Crippen LogP contribution in [0, 0.1) is 0 Å². The average Bonchev–Trinajstić information content (AvgIpc) is 3.15. The zero-order valence-corrected chi connectivity index (χ0v) is 12.3. The predicted octanol–water partition coefficient (Wildman–Crippen LogP) is 1.52. The first-order valence-corrected chi connectivity index (χ1v) is 7.69. The lowest BCUT2D eigenvalue weighted by atomic mass is 10.1. The number of hydrogen-bond acceptors (Lipinski definition) is 2. The Morgan fingerprint density at radius 3 is 2.76 bits per heavy atom. The third-order valence-electron chi connectivity index (χ3n) is 4.21. The number of nitrogens with two attached hydrogens (primary N) is 1. The van der Waals surface area contributed by atoms with Gasteiger partial charge in [-0.3, -0.25) is 4.79 Å². The Bertz CT molecular complexity index is 561. The maximum absolute atomic E-state index is 11.9. The molecule has 1 amide bonds. The van der Waals surface area contributed by atoms with E-state index in [1.807, 2.05) is 11.0 Å². The van der Waals surface area contributed by atoms with Crippen molar-refractivity contribution in [1.82, 2.24) is 4.90 Å². The Balaban J connectivity index is 1.56. The molecule has 3 rings (SSSR count). The highest BCUT2D eigenvalue weighted by molar-refractivity contribution is 5.94. The van der Waals surface area contributed by atoms with Crippen molar-refractivity contribution in [3.63, 3.8) is 0 Å². The Morgan fingerprint density at radius 1 is 1.19 bits per heavy atom. The number of fused-ring (bicyclic) bond motifs is 1. The summed E-state index contributed by atoms with van der Waals surface area (Å²) >= 11 is 0. The molecule has 1 fully saturated rings. The van der Waals surface area contributed by atoms with E-state index in [1.54, 1.807) is 0 Å². The maximum atomic E-state index is 11.9. The summed E-state index contributed by atoms with van der Waals surface area (Å²) in [6.45, 7) is 1.84. The van der Waals surface area contributed by atoms with Gasteiger partial charge in [-0.2, -0.15) is 0 Å². The highest BCUT2D eigenvalue weighted by atomic mass is 16.2. The molecule has 1 aromatic rings. The van der Waals surface area contributed by atoms with Crippen LogP contribution in [0.25, 0.3) is 0 Å². The van der Waals surface area contributed by atoms with Crippen LogP contribution in [-0.2, 0) is 17.6 Å². The van der Waals surface area contributed by atoms with Crippen molar-refractivity contribution in [3.8, 4) is 0 Å². The van der Waals surface area contributed by atoms with Crippen molar-refractivity contribution in [3.05, 3.63) is 29.3 Å². The van der Waals surface area contributed by atoms with E-state index in [0.29, 0.717) is 5.96 Å². The quantitative estimate of drug-likeness (QED) is 0.654. The zero-order chi connectivity index (χ0) is 14.7. The van der Waals surface area contributed by atoms with Gasteiger partial charge in [0.05, 0.1) is 0 Å². The average molecular weight is 286 g/mol. The number of likely N-dealkylation sites (tertiary alicyclic amines) is 1. The lowest BCUT2D eigenvalue weighted by Crippen LogP contribution is -2.31. The van der Waals surface area contributed by atoms with E-state index in [9.17, 15) is 4.79 Å². The zero-order valence-electron chi connectivity index (χ0n) is 12.3. The number of carbonyl (C=O) groups is 1. The summed E-state index contributed by atoms with van der Waals surface area (Å²) in [4.78, 5) is 17.9. The first-order valence-electron chi connectivity index (χ1n) is 7.69. The molecule has 1 heterocycles. The minimum Gasteiger partial charge on any atom is -0.370 e. The molecule has 5 heteroatoms. The molecule has 2 aliphatic rings. The van der Waals surface area contributed by atoms with E-state index in [1.165, 1.54) is 24.0 Å². The molecule has 1 aliphatic heterocycles. The fraction of sp³-hybridized carbons (Fsp3) is 0.500. The van der Waals surface area contributed by atoms with Gasteiger partial charge >= 0.3 is 0 Å². The summed E-state index contributed by atoms with van der Waals surface area (Å²) < 4.78 is 0. The van der Waals surface area contributed by atoms with Gasteiger partial charge in [0.15, 0.2) is 5.96 Å². The molecule has 0 spiro atoms. The van der Waals surface area contributed by atoms with Crippen LogP contribution in [0.4, 0.5) is 5.69 Å². The summed E-state index contributed by atoms with van der Waals surface area (Å²) in [5.74, 6) is 0.367. The van der Waals surface area contributed by atoms with E-state index in [4.69, 9.17) is 5.73 Å². The number of nitrogens with one attached hydrogen (secondary N) is 1. The van der Waals surface area contributed by atoms with E-state index in [0.717, 1.165) is 38.0 Å². The fourth-order valence-electron chi connectivity index (χ4n) is 3.06. The molecule has 0 bridgehead atoms. The van der Waals surface area contributed by atoms with Crippen molar-refractivity contribution < 1.29 is 4.79 Å². The summed E-state index contributed by atoms with van der Waals surface area (Å²) in [5, 5.41) is 3.07. The van der Waals surface area contributed by atoms with Crippen LogP contribution in [0.3, 0.4) is 0 Å². The van der Waals surface area contributed by atoms with Gasteiger partial charge in [-0.15, -0.1) is 0 Å². The van der Waals surface area contributed by atoms with Crippen LogP contribution in [0.5, 0.6) is 0 Å². The van der Waals surface area contributed by atoms with Gasteiger partial charge in [-0.1, -0.05) is 6.07 Å². The Labute approximate surface area is 125 Å². The second kappa shape index (κ2) is 6.16. The van der Waals surface area contributed by atoms with Crippen LogP contribution in [-0.4, -0.2) is 36.4 Å². The number of rotatable bonds is 3. The third-order valence-corrected chi connectivity index (χ3v) is 4.21. The van der Waals surface area contributed by atoms with Gasteiger partial charge in [0.2, 0.25) is 5.91 Å². The number of aliphatic imine (C=N–C) groups is 1. The summed E-state index contributed by atoms with van der Waals surface area (Å²) in [6, 6.07) is 6.30. The minimum absolute atomic E-state index is 0.0613. The number of carbonyl (C=O) groups excluding carboxylic acids is 1. The topological polar surface area (TPSA) is 70.7 Å². The maximum Gasteiger partial charge on any atom is 0.244 e. The molecule has 5 nitrogen and oxygen atoms in total. The van der Waals surface area contributed by atoms with Gasteiger partial charge < -0.3 is 16.0 Å².